The molecule has 0 aliphatic heterocycles. The summed E-state index contributed by atoms with van der Waals surface area (Å²) in [6.45, 7) is 1.48. The molecular formula is C11H13F3O2S. The monoisotopic (exact) mass is 266 g/mol. The fraction of sp³-hybridized carbons (Fsp3) is 0.455. The Hall–Kier alpha value is -0.880. The number of benzene rings is 1. The third-order valence-electron chi connectivity index (χ3n) is 2.12. The van der Waals surface area contributed by atoms with Gasteiger partial charge in [0.15, 0.2) is 0 Å². The third-order valence-corrected chi connectivity index (χ3v) is 3.00. The molecule has 1 aromatic carbocycles. The van der Waals surface area contributed by atoms with E-state index < -0.39 is 22.7 Å². The standard InChI is InChI=1S/C11H13F3O2S/c1-9(16-17(15)11(12,13)14)7-8-10-5-3-2-4-6-10/h2-6,9H,7-8H2,1H3. The summed E-state index contributed by atoms with van der Waals surface area (Å²) in [7, 11) is 0. The second kappa shape index (κ2) is 6.16. The highest BCUT2D eigenvalue weighted by Crippen LogP contribution is 2.22. The molecule has 6 heteroatoms. The molecule has 0 heterocycles. The quantitative estimate of drug-likeness (QED) is 0.818. The number of halogens is 3. The summed E-state index contributed by atoms with van der Waals surface area (Å²) in [4.78, 5) is 0. The number of hydrogen-bond donors (Lipinski definition) is 0. The molecule has 0 aromatic heterocycles. The van der Waals surface area contributed by atoms with E-state index in [0.29, 0.717) is 12.8 Å². The molecule has 0 radical (unpaired) electrons. The van der Waals surface area contributed by atoms with Crippen LogP contribution in [0.25, 0.3) is 0 Å². The van der Waals surface area contributed by atoms with E-state index in [9.17, 15) is 17.4 Å². The molecular weight excluding hydrogens is 253 g/mol. The van der Waals surface area contributed by atoms with Crippen LogP contribution in [0.1, 0.15) is 18.9 Å². The molecule has 0 spiro atoms. The fourth-order valence-electron chi connectivity index (χ4n) is 1.27. The van der Waals surface area contributed by atoms with Crippen LogP contribution in [0.2, 0.25) is 0 Å². The van der Waals surface area contributed by atoms with Gasteiger partial charge >= 0.3 is 5.51 Å². The average molecular weight is 266 g/mol. The highest BCUT2D eigenvalue weighted by atomic mass is 32.2. The lowest BCUT2D eigenvalue weighted by molar-refractivity contribution is -0.0496. The molecule has 0 saturated heterocycles. The van der Waals surface area contributed by atoms with E-state index in [0.717, 1.165) is 5.56 Å². The predicted octanol–water partition coefficient (Wildman–Crippen LogP) is 3.21. The number of aryl methyl sites for hydroxylation is 1. The van der Waals surface area contributed by atoms with Crippen molar-refractivity contribution in [3.8, 4) is 0 Å². The molecule has 1 aromatic rings. The number of alkyl halides is 3. The summed E-state index contributed by atoms with van der Waals surface area (Å²) < 4.78 is 50.9. The van der Waals surface area contributed by atoms with Crippen LogP contribution in [-0.4, -0.2) is 15.8 Å². The summed E-state index contributed by atoms with van der Waals surface area (Å²) in [6, 6.07) is 9.34. The molecule has 17 heavy (non-hydrogen) atoms. The van der Waals surface area contributed by atoms with Gasteiger partial charge in [-0.1, -0.05) is 30.3 Å². The van der Waals surface area contributed by atoms with Crippen LogP contribution in [0.5, 0.6) is 0 Å². The molecule has 0 saturated carbocycles. The molecule has 2 atom stereocenters. The van der Waals surface area contributed by atoms with Gasteiger partial charge in [0.25, 0.3) is 11.1 Å². The zero-order valence-corrected chi connectivity index (χ0v) is 10.1. The van der Waals surface area contributed by atoms with Gasteiger partial charge in [0.2, 0.25) is 0 Å². The van der Waals surface area contributed by atoms with Crippen molar-refractivity contribution in [1.29, 1.82) is 0 Å². The largest absolute Gasteiger partial charge is 0.497 e. The molecule has 0 aliphatic rings. The van der Waals surface area contributed by atoms with Crippen molar-refractivity contribution in [3.05, 3.63) is 35.9 Å². The Bertz CT molecular complexity index is 365. The van der Waals surface area contributed by atoms with Crippen LogP contribution in [-0.2, 0) is 21.7 Å². The van der Waals surface area contributed by atoms with Crippen molar-refractivity contribution in [2.75, 3.05) is 0 Å². The number of hydrogen-bond acceptors (Lipinski definition) is 2. The Morgan fingerprint density at radius 3 is 2.41 bits per heavy atom. The first-order valence-corrected chi connectivity index (χ1v) is 6.16. The Kier molecular flexibility index (Phi) is 5.14. The van der Waals surface area contributed by atoms with E-state index >= 15 is 0 Å². The van der Waals surface area contributed by atoms with Crippen molar-refractivity contribution in [2.24, 2.45) is 0 Å². The first-order valence-electron chi connectivity index (χ1n) is 5.09. The molecule has 0 amide bonds. The topological polar surface area (TPSA) is 26.3 Å². The van der Waals surface area contributed by atoms with Crippen LogP contribution < -0.4 is 0 Å². The maximum absolute atomic E-state index is 11.9. The Morgan fingerprint density at radius 2 is 1.88 bits per heavy atom. The zero-order valence-electron chi connectivity index (χ0n) is 9.24. The molecule has 2 nitrogen and oxygen atoms in total. The first-order chi connectivity index (χ1) is 7.89. The van der Waals surface area contributed by atoms with Crippen LogP contribution in [0.4, 0.5) is 13.2 Å². The van der Waals surface area contributed by atoms with Crippen LogP contribution in [0.3, 0.4) is 0 Å². The second-order valence-corrected chi connectivity index (χ2v) is 4.74. The van der Waals surface area contributed by atoms with Gasteiger partial charge in [0.05, 0.1) is 6.10 Å². The van der Waals surface area contributed by atoms with Gasteiger partial charge in [-0.05, 0) is 25.3 Å². The summed E-state index contributed by atoms with van der Waals surface area (Å²) in [5.41, 5.74) is -3.79. The maximum atomic E-state index is 11.9. The van der Waals surface area contributed by atoms with Gasteiger partial charge in [-0.15, -0.1) is 0 Å². The molecule has 0 aliphatic carbocycles. The minimum Gasteiger partial charge on any atom is -0.281 e. The zero-order chi connectivity index (χ0) is 12.9. The molecule has 2 unspecified atom stereocenters. The smallest absolute Gasteiger partial charge is 0.281 e. The molecule has 0 fully saturated rings. The van der Waals surface area contributed by atoms with E-state index in [2.05, 4.69) is 4.18 Å². The molecule has 96 valence electrons. The van der Waals surface area contributed by atoms with Crippen molar-refractivity contribution in [1.82, 2.24) is 0 Å². The lowest BCUT2D eigenvalue weighted by Gasteiger charge is -2.13. The fourth-order valence-corrected chi connectivity index (χ4v) is 1.77. The van der Waals surface area contributed by atoms with E-state index in [1.54, 1.807) is 0 Å². The Balaban J connectivity index is 2.36. The predicted molar refractivity (Wildman–Crippen MR) is 59.5 cm³/mol. The van der Waals surface area contributed by atoms with E-state index in [-0.39, 0.29) is 0 Å². The lowest BCUT2D eigenvalue weighted by Crippen LogP contribution is -2.23. The Labute approximate surface area is 100 Å². The second-order valence-electron chi connectivity index (χ2n) is 3.61. The summed E-state index contributed by atoms with van der Waals surface area (Å²) in [6.07, 6.45) is 0.292. The SMILES string of the molecule is CC(CCc1ccccc1)OS(=O)C(F)(F)F. The van der Waals surface area contributed by atoms with Gasteiger partial charge in [0, 0.05) is 0 Å². The highest BCUT2D eigenvalue weighted by Gasteiger charge is 2.39. The molecule has 0 N–H and O–H groups in total. The number of rotatable bonds is 5. The third kappa shape index (κ3) is 5.32. The maximum Gasteiger partial charge on any atom is 0.497 e. The van der Waals surface area contributed by atoms with Crippen LogP contribution >= 0.6 is 0 Å². The van der Waals surface area contributed by atoms with E-state index in [1.165, 1.54) is 6.92 Å². The van der Waals surface area contributed by atoms with Gasteiger partial charge in [-0.3, -0.25) is 4.18 Å². The van der Waals surface area contributed by atoms with E-state index in [1.807, 2.05) is 30.3 Å². The summed E-state index contributed by atoms with van der Waals surface area (Å²) in [5, 5.41) is 0. The molecule has 1 rings (SSSR count). The van der Waals surface area contributed by atoms with E-state index in [4.69, 9.17) is 0 Å². The first kappa shape index (κ1) is 14.2. The van der Waals surface area contributed by atoms with Gasteiger partial charge < -0.3 is 0 Å². The average Bonchev–Trinajstić information content (AvgIpc) is 2.26. The van der Waals surface area contributed by atoms with Crippen LogP contribution in [0, 0.1) is 0 Å². The Morgan fingerprint density at radius 1 is 1.29 bits per heavy atom. The normalized spacial score (nSPS) is 15.5. The van der Waals surface area contributed by atoms with Crippen molar-refractivity contribution < 1.29 is 21.6 Å². The van der Waals surface area contributed by atoms with Gasteiger partial charge in [-0.2, -0.15) is 13.2 Å². The molecule has 0 bridgehead atoms. The summed E-state index contributed by atoms with van der Waals surface area (Å²) >= 11 is -3.23. The lowest BCUT2D eigenvalue weighted by atomic mass is 10.1. The summed E-state index contributed by atoms with van der Waals surface area (Å²) in [5.74, 6) is 0. The highest BCUT2D eigenvalue weighted by molar-refractivity contribution is 7.81. The minimum atomic E-state index is -4.80. The minimum absolute atomic E-state index is 0.395. The van der Waals surface area contributed by atoms with Crippen LogP contribution in [0.15, 0.2) is 30.3 Å². The van der Waals surface area contributed by atoms with Crippen molar-refractivity contribution >= 4 is 11.1 Å². The van der Waals surface area contributed by atoms with Gasteiger partial charge in [0.1, 0.15) is 0 Å². The van der Waals surface area contributed by atoms with Gasteiger partial charge in [-0.25, -0.2) is 4.21 Å². The van der Waals surface area contributed by atoms with Crippen molar-refractivity contribution in [3.63, 3.8) is 0 Å². The van der Waals surface area contributed by atoms with Crippen molar-refractivity contribution in [2.45, 2.75) is 31.4 Å².